The van der Waals surface area contributed by atoms with Crippen LogP contribution in [0.3, 0.4) is 0 Å². The molecule has 0 bridgehead atoms. The molecular formula is C24H17N3. The minimum absolute atomic E-state index is 0.999. The van der Waals surface area contributed by atoms with Gasteiger partial charge in [-0.1, -0.05) is 30.3 Å². The van der Waals surface area contributed by atoms with E-state index in [1.54, 1.807) is 0 Å². The van der Waals surface area contributed by atoms with Crippen LogP contribution < -0.4 is 4.90 Å². The molecule has 0 spiro atoms. The Morgan fingerprint density at radius 2 is 1.37 bits per heavy atom. The van der Waals surface area contributed by atoms with Crippen LogP contribution in [0.25, 0.3) is 21.7 Å². The van der Waals surface area contributed by atoms with E-state index < -0.39 is 0 Å². The van der Waals surface area contributed by atoms with Crippen molar-refractivity contribution in [1.82, 2.24) is 9.97 Å². The number of para-hydroxylation sites is 1. The van der Waals surface area contributed by atoms with Gasteiger partial charge in [0.2, 0.25) is 0 Å². The van der Waals surface area contributed by atoms with Crippen molar-refractivity contribution in [2.45, 2.75) is 0 Å². The molecule has 0 unspecified atom stereocenters. The van der Waals surface area contributed by atoms with Crippen LogP contribution >= 0.6 is 0 Å². The highest BCUT2D eigenvalue weighted by atomic mass is 15.1. The number of rotatable bonds is 3. The van der Waals surface area contributed by atoms with Crippen molar-refractivity contribution in [3.63, 3.8) is 0 Å². The van der Waals surface area contributed by atoms with Gasteiger partial charge in [-0.2, -0.15) is 0 Å². The summed E-state index contributed by atoms with van der Waals surface area (Å²) in [5.41, 5.74) is 4.34. The van der Waals surface area contributed by atoms with Crippen molar-refractivity contribution in [2.75, 3.05) is 4.90 Å². The SMILES string of the molecule is c1ccc(N(c2ccc3cnccc3c2)c2ccc3ncccc3c2)cc1. The van der Waals surface area contributed by atoms with E-state index >= 15 is 0 Å². The van der Waals surface area contributed by atoms with E-state index in [4.69, 9.17) is 0 Å². The summed E-state index contributed by atoms with van der Waals surface area (Å²) < 4.78 is 0. The monoisotopic (exact) mass is 347 g/mol. The van der Waals surface area contributed by atoms with Crippen LogP contribution in [0.1, 0.15) is 0 Å². The maximum atomic E-state index is 4.44. The molecule has 3 aromatic carbocycles. The number of nitrogens with zero attached hydrogens (tertiary/aromatic N) is 3. The second-order valence-corrected chi connectivity index (χ2v) is 6.46. The van der Waals surface area contributed by atoms with E-state index in [2.05, 4.69) is 81.6 Å². The minimum Gasteiger partial charge on any atom is -0.310 e. The molecule has 5 rings (SSSR count). The first-order chi connectivity index (χ1) is 13.4. The lowest BCUT2D eigenvalue weighted by atomic mass is 10.1. The Kier molecular flexibility index (Phi) is 3.76. The van der Waals surface area contributed by atoms with Gasteiger partial charge in [-0.3, -0.25) is 9.97 Å². The van der Waals surface area contributed by atoms with Crippen LogP contribution in [0.4, 0.5) is 17.1 Å². The summed E-state index contributed by atoms with van der Waals surface area (Å²) in [7, 11) is 0. The molecule has 3 nitrogen and oxygen atoms in total. The first-order valence-electron chi connectivity index (χ1n) is 8.92. The number of anilines is 3. The zero-order valence-electron chi connectivity index (χ0n) is 14.7. The highest BCUT2D eigenvalue weighted by Gasteiger charge is 2.13. The quantitative estimate of drug-likeness (QED) is 0.386. The topological polar surface area (TPSA) is 29.0 Å². The van der Waals surface area contributed by atoms with Gasteiger partial charge in [0.1, 0.15) is 0 Å². The van der Waals surface area contributed by atoms with Crippen LogP contribution in [-0.2, 0) is 0 Å². The Labute approximate surface area is 157 Å². The summed E-state index contributed by atoms with van der Waals surface area (Å²) in [6, 6.07) is 29.4. The lowest BCUT2D eigenvalue weighted by molar-refractivity contribution is 1.29. The second-order valence-electron chi connectivity index (χ2n) is 6.46. The molecule has 3 heteroatoms. The molecule has 27 heavy (non-hydrogen) atoms. The molecule has 0 radical (unpaired) electrons. The van der Waals surface area contributed by atoms with E-state index in [9.17, 15) is 0 Å². The molecule has 0 aliphatic carbocycles. The smallest absolute Gasteiger partial charge is 0.0703 e. The molecule has 128 valence electrons. The van der Waals surface area contributed by atoms with E-state index in [0.29, 0.717) is 0 Å². The van der Waals surface area contributed by atoms with Crippen LogP contribution in [0.5, 0.6) is 0 Å². The van der Waals surface area contributed by atoms with Gasteiger partial charge in [0.25, 0.3) is 0 Å². The Morgan fingerprint density at radius 1 is 0.556 bits per heavy atom. The standard InChI is InChI=1S/C24H17N3/c1-2-6-21(7-3-1)27(22-9-8-20-17-25-14-12-18(20)15-22)23-10-11-24-19(16-23)5-4-13-26-24/h1-17H. The maximum Gasteiger partial charge on any atom is 0.0703 e. The first kappa shape index (κ1) is 15.5. The van der Waals surface area contributed by atoms with E-state index in [-0.39, 0.29) is 0 Å². The third-order valence-corrected chi connectivity index (χ3v) is 4.74. The molecule has 2 aromatic heterocycles. The Balaban J connectivity index is 1.72. The normalized spacial score (nSPS) is 11.0. The average molecular weight is 347 g/mol. The molecule has 0 atom stereocenters. The summed E-state index contributed by atoms with van der Waals surface area (Å²) in [6.07, 6.45) is 5.56. The highest BCUT2D eigenvalue weighted by molar-refractivity contribution is 5.91. The van der Waals surface area contributed by atoms with Gasteiger partial charge in [0.05, 0.1) is 5.52 Å². The van der Waals surface area contributed by atoms with Crippen LogP contribution in [0.2, 0.25) is 0 Å². The predicted molar refractivity (Wildman–Crippen MR) is 112 cm³/mol. The number of fused-ring (bicyclic) bond motifs is 2. The molecular weight excluding hydrogens is 330 g/mol. The average Bonchev–Trinajstić information content (AvgIpc) is 2.74. The molecule has 0 saturated carbocycles. The second kappa shape index (κ2) is 6.54. The first-order valence-corrected chi connectivity index (χ1v) is 8.92. The highest BCUT2D eigenvalue weighted by Crippen LogP contribution is 2.36. The number of aromatic nitrogens is 2. The Morgan fingerprint density at radius 3 is 2.26 bits per heavy atom. The molecule has 0 aliphatic rings. The van der Waals surface area contributed by atoms with Gasteiger partial charge in [0, 0.05) is 46.4 Å². The minimum atomic E-state index is 0.999. The fourth-order valence-electron chi connectivity index (χ4n) is 3.44. The van der Waals surface area contributed by atoms with Gasteiger partial charge < -0.3 is 4.90 Å². The molecule has 0 saturated heterocycles. The summed E-state index contributed by atoms with van der Waals surface area (Å²) in [5, 5.41) is 3.43. The largest absolute Gasteiger partial charge is 0.310 e. The predicted octanol–water partition coefficient (Wildman–Crippen LogP) is 6.25. The number of benzene rings is 3. The molecule has 0 amide bonds. The van der Waals surface area contributed by atoms with Crippen LogP contribution in [0.15, 0.2) is 104 Å². The molecule has 5 aromatic rings. The lowest BCUT2D eigenvalue weighted by Crippen LogP contribution is -2.09. The Bertz CT molecular complexity index is 1150. The van der Waals surface area contributed by atoms with Gasteiger partial charge in [0.15, 0.2) is 0 Å². The zero-order valence-corrected chi connectivity index (χ0v) is 14.7. The van der Waals surface area contributed by atoms with E-state index in [1.165, 1.54) is 5.39 Å². The summed E-state index contributed by atoms with van der Waals surface area (Å²) >= 11 is 0. The van der Waals surface area contributed by atoms with Crippen LogP contribution in [0, 0.1) is 0 Å². The van der Waals surface area contributed by atoms with Crippen molar-refractivity contribution in [3.8, 4) is 0 Å². The summed E-state index contributed by atoms with van der Waals surface area (Å²) in [6.45, 7) is 0. The van der Waals surface area contributed by atoms with Crippen molar-refractivity contribution < 1.29 is 0 Å². The Hall–Kier alpha value is -3.72. The van der Waals surface area contributed by atoms with Crippen molar-refractivity contribution in [1.29, 1.82) is 0 Å². The molecule has 0 aliphatic heterocycles. The third-order valence-electron chi connectivity index (χ3n) is 4.74. The number of hydrogen-bond acceptors (Lipinski definition) is 3. The molecule has 0 fully saturated rings. The summed E-state index contributed by atoms with van der Waals surface area (Å²) in [5.74, 6) is 0. The van der Waals surface area contributed by atoms with Crippen molar-refractivity contribution >= 4 is 38.7 Å². The fourth-order valence-corrected chi connectivity index (χ4v) is 3.44. The maximum absolute atomic E-state index is 4.44. The van der Waals surface area contributed by atoms with E-state index in [1.807, 2.05) is 36.8 Å². The van der Waals surface area contributed by atoms with Gasteiger partial charge in [-0.15, -0.1) is 0 Å². The molecule has 0 N–H and O–H groups in total. The number of pyridine rings is 2. The lowest BCUT2D eigenvalue weighted by Gasteiger charge is -2.26. The summed E-state index contributed by atoms with van der Waals surface area (Å²) in [4.78, 5) is 10.9. The van der Waals surface area contributed by atoms with E-state index in [0.717, 1.165) is 33.4 Å². The van der Waals surface area contributed by atoms with Gasteiger partial charge in [-0.05, 0) is 60.0 Å². The fraction of sp³-hybridized carbons (Fsp3) is 0. The van der Waals surface area contributed by atoms with Crippen molar-refractivity contribution in [2.24, 2.45) is 0 Å². The molecule has 2 heterocycles. The van der Waals surface area contributed by atoms with Gasteiger partial charge >= 0.3 is 0 Å². The van der Waals surface area contributed by atoms with Crippen molar-refractivity contribution in [3.05, 3.63) is 104 Å². The van der Waals surface area contributed by atoms with Crippen LogP contribution in [-0.4, -0.2) is 9.97 Å². The number of hydrogen-bond donors (Lipinski definition) is 0. The van der Waals surface area contributed by atoms with Gasteiger partial charge in [-0.25, -0.2) is 0 Å². The third kappa shape index (κ3) is 2.89. The zero-order chi connectivity index (χ0) is 18.1.